The number of anilines is 1. The highest BCUT2D eigenvalue weighted by atomic mass is 32.2. The molecule has 0 aliphatic carbocycles. The number of hydrogen-bond donors (Lipinski definition) is 0. The molecule has 0 saturated carbocycles. The second kappa shape index (κ2) is 6.67. The van der Waals surface area contributed by atoms with Gasteiger partial charge in [0.05, 0.1) is 10.6 Å². The molecule has 3 nitrogen and oxygen atoms in total. The number of imide groups is 1. The van der Waals surface area contributed by atoms with Crippen molar-refractivity contribution < 1.29 is 9.59 Å². The van der Waals surface area contributed by atoms with Gasteiger partial charge in [0.2, 0.25) is 0 Å². The van der Waals surface area contributed by atoms with Gasteiger partial charge < -0.3 is 0 Å². The topological polar surface area (TPSA) is 37.4 Å². The van der Waals surface area contributed by atoms with E-state index in [1.165, 1.54) is 4.90 Å². The molecule has 0 radical (unpaired) electrons. The number of rotatable bonds is 3. The second-order valence-corrected chi connectivity index (χ2v) is 6.14. The Bertz CT molecular complexity index is 792. The number of carbonyl (C=O) groups is 2. The molecule has 0 atom stereocenters. The maximum Gasteiger partial charge on any atom is 0.298 e. The van der Waals surface area contributed by atoms with Gasteiger partial charge in [-0.2, -0.15) is 0 Å². The molecule has 1 aliphatic rings. The van der Waals surface area contributed by atoms with Crippen molar-refractivity contribution in [2.45, 2.75) is 6.92 Å². The van der Waals surface area contributed by atoms with E-state index in [4.69, 9.17) is 0 Å². The zero-order chi connectivity index (χ0) is 16.2. The Morgan fingerprint density at radius 3 is 2.35 bits per heavy atom. The Hall–Kier alpha value is -2.59. The van der Waals surface area contributed by atoms with E-state index in [1.54, 1.807) is 24.3 Å². The standard InChI is InChI=1S/C19H15NO2S/c1-14-10-12-16(13-11-14)20-18(21)17(23-19(20)22)9-5-8-15-6-3-2-4-7-15/h2-13H,1H3/b8-5+,17-9-. The van der Waals surface area contributed by atoms with Gasteiger partial charge in [0.25, 0.3) is 11.1 Å². The average molecular weight is 321 g/mol. The molecular weight excluding hydrogens is 306 g/mol. The molecule has 0 N–H and O–H groups in total. The molecule has 0 unspecified atom stereocenters. The van der Waals surface area contributed by atoms with Crippen molar-refractivity contribution in [3.8, 4) is 0 Å². The quantitative estimate of drug-likeness (QED) is 0.763. The van der Waals surface area contributed by atoms with Crippen molar-refractivity contribution in [1.82, 2.24) is 0 Å². The van der Waals surface area contributed by atoms with Crippen molar-refractivity contribution in [2.24, 2.45) is 0 Å². The Morgan fingerprint density at radius 1 is 0.957 bits per heavy atom. The van der Waals surface area contributed by atoms with E-state index < -0.39 is 0 Å². The summed E-state index contributed by atoms with van der Waals surface area (Å²) in [5, 5.41) is -0.266. The van der Waals surface area contributed by atoms with Crippen molar-refractivity contribution in [3.05, 3.63) is 82.8 Å². The average Bonchev–Trinajstić information content (AvgIpc) is 2.84. The van der Waals surface area contributed by atoms with Gasteiger partial charge in [-0.25, -0.2) is 4.90 Å². The molecule has 23 heavy (non-hydrogen) atoms. The summed E-state index contributed by atoms with van der Waals surface area (Å²) in [6, 6.07) is 17.1. The first kappa shape index (κ1) is 15.3. The molecule has 1 fully saturated rings. The van der Waals surface area contributed by atoms with Gasteiger partial charge >= 0.3 is 0 Å². The van der Waals surface area contributed by atoms with E-state index in [1.807, 2.05) is 55.5 Å². The number of carbonyl (C=O) groups excluding carboxylic acids is 2. The highest BCUT2D eigenvalue weighted by Crippen LogP contribution is 2.34. The molecule has 114 valence electrons. The van der Waals surface area contributed by atoms with Gasteiger partial charge in [0.15, 0.2) is 0 Å². The third-order valence-corrected chi connectivity index (χ3v) is 4.31. The van der Waals surface area contributed by atoms with Crippen LogP contribution in [0.2, 0.25) is 0 Å². The molecular formula is C19H15NO2S. The lowest BCUT2D eigenvalue weighted by molar-refractivity contribution is -0.113. The van der Waals surface area contributed by atoms with Crippen molar-refractivity contribution >= 4 is 34.7 Å². The number of amides is 2. The van der Waals surface area contributed by atoms with Crippen molar-refractivity contribution in [1.29, 1.82) is 0 Å². The zero-order valence-corrected chi connectivity index (χ0v) is 13.4. The third-order valence-electron chi connectivity index (χ3n) is 3.42. The lowest BCUT2D eigenvalue weighted by Crippen LogP contribution is -2.27. The second-order valence-electron chi connectivity index (χ2n) is 5.14. The number of nitrogens with zero attached hydrogens (tertiary/aromatic N) is 1. The van der Waals surface area contributed by atoms with Gasteiger partial charge in [-0.3, -0.25) is 9.59 Å². The van der Waals surface area contributed by atoms with Crippen LogP contribution in [0.4, 0.5) is 10.5 Å². The van der Waals surface area contributed by atoms with E-state index in [2.05, 4.69) is 0 Å². The van der Waals surface area contributed by atoms with E-state index in [0.717, 1.165) is 22.9 Å². The first-order valence-electron chi connectivity index (χ1n) is 7.21. The summed E-state index contributed by atoms with van der Waals surface area (Å²) < 4.78 is 0. The predicted molar refractivity (Wildman–Crippen MR) is 95.2 cm³/mol. The Labute approximate surface area is 139 Å². The molecule has 0 bridgehead atoms. The Morgan fingerprint density at radius 2 is 1.65 bits per heavy atom. The van der Waals surface area contributed by atoms with Gasteiger partial charge in [-0.1, -0.05) is 60.2 Å². The molecule has 1 aliphatic heterocycles. The maximum atomic E-state index is 12.4. The van der Waals surface area contributed by atoms with Crippen LogP contribution < -0.4 is 4.90 Å². The molecule has 3 rings (SSSR count). The fourth-order valence-corrected chi connectivity index (χ4v) is 3.00. The molecule has 1 heterocycles. The Balaban J connectivity index is 1.79. The van der Waals surface area contributed by atoms with Crippen molar-refractivity contribution in [2.75, 3.05) is 4.90 Å². The number of benzene rings is 2. The summed E-state index contributed by atoms with van der Waals surface area (Å²) in [6.07, 6.45) is 5.38. The molecule has 2 aromatic carbocycles. The fraction of sp³-hybridized carbons (Fsp3) is 0.0526. The molecule has 1 saturated heterocycles. The van der Waals surface area contributed by atoms with Gasteiger partial charge in [-0.15, -0.1) is 0 Å². The smallest absolute Gasteiger partial charge is 0.268 e. The maximum absolute atomic E-state index is 12.4. The Kier molecular flexibility index (Phi) is 4.44. The summed E-state index contributed by atoms with van der Waals surface area (Å²) in [5.74, 6) is -0.276. The van der Waals surface area contributed by atoms with Crippen LogP contribution in [0.5, 0.6) is 0 Å². The lowest BCUT2D eigenvalue weighted by atomic mass is 10.2. The van der Waals surface area contributed by atoms with Crippen LogP contribution >= 0.6 is 11.8 Å². The number of thioether (sulfide) groups is 1. The minimum Gasteiger partial charge on any atom is -0.268 e. The van der Waals surface area contributed by atoms with Crippen LogP contribution in [0.3, 0.4) is 0 Å². The number of aryl methyl sites for hydroxylation is 1. The highest BCUT2D eigenvalue weighted by molar-refractivity contribution is 8.18. The molecule has 2 amide bonds. The normalized spacial score (nSPS) is 16.7. The summed E-state index contributed by atoms with van der Waals surface area (Å²) >= 11 is 0.963. The first-order valence-corrected chi connectivity index (χ1v) is 8.03. The minimum atomic E-state index is -0.276. The number of allylic oxidation sites excluding steroid dienone is 2. The van der Waals surface area contributed by atoms with E-state index >= 15 is 0 Å². The highest BCUT2D eigenvalue weighted by Gasteiger charge is 2.35. The lowest BCUT2D eigenvalue weighted by Gasteiger charge is -2.12. The summed E-state index contributed by atoms with van der Waals surface area (Å²) in [6.45, 7) is 1.96. The molecule has 2 aromatic rings. The molecule has 4 heteroatoms. The summed E-state index contributed by atoms with van der Waals surface area (Å²) in [4.78, 5) is 26.2. The largest absolute Gasteiger partial charge is 0.298 e. The van der Waals surface area contributed by atoms with Crippen LogP contribution in [0.1, 0.15) is 11.1 Å². The van der Waals surface area contributed by atoms with Gasteiger partial charge in [0.1, 0.15) is 0 Å². The fourth-order valence-electron chi connectivity index (χ4n) is 2.21. The van der Waals surface area contributed by atoms with Crippen LogP contribution in [-0.2, 0) is 4.79 Å². The molecule has 0 spiro atoms. The predicted octanol–water partition coefficient (Wildman–Crippen LogP) is 4.79. The van der Waals surface area contributed by atoms with Crippen LogP contribution in [0.15, 0.2) is 71.7 Å². The van der Waals surface area contributed by atoms with E-state index in [0.29, 0.717) is 10.6 Å². The molecule has 0 aromatic heterocycles. The zero-order valence-electron chi connectivity index (χ0n) is 12.6. The van der Waals surface area contributed by atoms with Crippen LogP contribution in [0.25, 0.3) is 6.08 Å². The first-order chi connectivity index (χ1) is 11.1. The third kappa shape index (κ3) is 3.43. The van der Waals surface area contributed by atoms with Gasteiger partial charge in [-0.05, 0) is 42.5 Å². The van der Waals surface area contributed by atoms with Gasteiger partial charge in [0, 0.05) is 0 Å². The number of hydrogen-bond acceptors (Lipinski definition) is 3. The summed E-state index contributed by atoms with van der Waals surface area (Å²) in [5.41, 5.74) is 2.73. The van der Waals surface area contributed by atoms with Crippen LogP contribution in [0, 0.1) is 6.92 Å². The van der Waals surface area contributed by atoms with Crippen molar-refractivity contribution in [3.63, 3.8) is 0 Å². The van der Waals surface area contributed by atoms with E-state index in [9.17, 15) is 9.59 Å². The van der Waals surface area contributed by atoms with Crippen LogP contribution in [-0.4, -0.2) is 11.1 Å². The summed E-state index contributed by atoms with van der Waals surface area (Å²) in [7, 11) is 0. The minimum absolute atomic E-state index is 0.266. The SMILES string of the molecule is Cc1ccc(N2C(=O)S/C(=C\C=C\c3ccccc3)C2=O)cc1. The monoisotopic (exact) mass is 321 g/mol. The van der Waals surface area contributed by atoms with E-state index in [-0.39, 0.29) is 11.1 Å².